The number of hydrogen-bond acceptors (Lipinski definition) is 4. The minimum atomic E-state index is -0.412. The van der Waals surface area contributed by atoms with Gasteiger partial charge in [0.25, 0.3) is 0 Å². The molecule has 0 radical (unpaired) electrons. The van der Waals surface area contributed by atoms with Crippen LogP contribution in [0.5, 0.6) is 0 Å². The molecule has 0 saturated carbocycles. The van der Waals surface area contributed by atoms with E-state index in [1.165, 1.54) is 4.88 Å². The molecule has 19 heavy (non-hydrogen) atoms. The van der Waals surface area contributed by atoms with Crippen LogP contribution < -0.4 is 5.73 Å². The molecule has 1 aliphatic rings. The van der Waals surface area contributed by atoms with E-state index < -0.39 is 5.54 Å². The molecule has 1 aromatic rings. The first-order valence-corrected chi connectivity index (χ1v) is 7.63. The summed E-state index contributed by atoms with van der Waals surface area (Å²) in [7, 11) is 0. The van der Waals surface area contributed by atoms with Crippen LogP contribution in [0.25, 0.3) is 0 Å². The van der Waals surface area contributed by atoms with Crippen LogP contribution in [0.15, 0.2) is 17.5 Å². The van der Waals surface area contributed by atoms with Crippen LogP contribution in [0, 0.1) is 0 Å². The van der Waals surface area contributed by atoms with Crippen molar-refractivity contribution in [1.29, 1.82) is 0 Å². The largest absolute Gasteiger partial charge is 0.340 e. The molecule has 106 valence electrons. The normalized spacial score (nSPS) is 17.7. The summed E-state index contributed by atoms with van der Waals surface area (Å²) in [6.45, 7) is 8.35. The monoisotopic (exact) mass is 281 g/mol. The fraction of sp³-hybridized carbons (Fsp3) is 0.643. The van der Waals surface area contributed by atoms with Crippen molar-refractivity contribution in [1.82, 2.24) is 9.80 Å². The van der Waals surface area contributed by atoms with E-state index in [1.807, 2.05) is 18.7 Å². The van der Waals surface area contributed by atoms with Crippen molar-refractivity contribution in [3.05, 3.63) is 22.4 Å². The number of nitrogens with zero attached hydrogens (tertiary/aromatic N) is 2. The van der Waals surface area contributed by atoms with E-state index >= 15 is 0 Å². The highest BCUT2D eigenvalue weighted by Crippen LogP contribution is 2.15. The Morgan fingerprint density at radius 2 is 2.05 bits per heavy atom. The lowest BCUT2D eigenvalue weighted by Crippen LogP contribution is -2.50. The standard InChI is InChI=1S/C14H23N3OS/c1-14(2,15)10-13(18)17-7-5-16(6-8-17)11-12-4-3-9-19-12/h3-4,9H,5-8,10-11,15H2,1-2H3. The van der Waals surface area contributed by atoms with Crippen LogP contribution >= 0.6 is 11.3 Å². The van der Waals surface area contributed by atoms with Crippen LogP contribution in [0.4, 0.5) is 0 Å². The fourth-order valence-electron chi connectivity index (χ4n) is 2.28. The highest BCUT2D eigenvalue weighted by atomic mass is 32.1. The van der Waals surface area contributed by atoms with Gasteiger partial charge in [-0.05, 0) is 25.3 Å². The summed E-state index contributed by atoms with van der Waals surface area (Å²) < 4.78 is 0. The fourth-order valence-corrected chi connectivity index (χ4v) is 3.03. The molecule has 5 heteroatoms. The molecule has 1 aromatic heterocycles. The van der Waals surface area contributed by atoms with Gasteiger partial charge in [0.05, 0.1) is 0 Å². The molecule has 0 bridgehead atoms. The number of carbonyl (C=O) groups excluding carboxylic acids is 1. The molecule has 1 saturated heterocycles. The highest BCUT2D eigenvalue weighted by molar-refractivity contribution is 7.09. The quantitative estimate of drug-likeness (QED) is 0.910. The summed E-state index contributed by atoms with van der Waals surface area (Å²) in [5, 5.41) is 2.11. The third-order valence-corrected chi connectivity index (χ3v) is 4.15. The molecule has 0 spiro atoms. The van der Waals surface area contributed by atoms with Gasteiger partial charge in [-0.3, -0.25) is 9.69 Å². The Morgan fingerprint density at radius 3 is 2.58 bits per heavy atom. The van der Waals surface area contributed by atoms with Gasteiger partial charge < -0.3 is 10.6 Å². The Hall–Kier alpha value is -0.910. The van der Waals surface area contributed by atoms with Crippen LogP contribution in [0.1, 0.15) is 25.1 Å². The Kier molecular flexibility index (Phi) is 4.60. The topological polar surface area (TPSA) is 49.6 Å². The van der Waals surface area contributed by atoms with Gasteiger partial charge >= 0.3 is 0 Å². The number of piperazine rings is 1. The summed E-state index contributed by atoms with van der Waals surface area (Å²) in [6.07, 6.45) is 0.428. The van der Waals surface area contributed by atoms with Crippen LogP contribution in [-0.2, 0) is 11.3 Å². The number of hydrogen-bond donors (Lipinski definition) is 1. The highest BCUT2D eigenvalue weighted by Gasteiger charge is 2.25. The predicted molar refractivity (Wildman–Crippen MR) is 79.1 cm³/mol. The molecule has 1 aliphatic heterocycles. The lowest BCUT2D eigenvalue weighted by atomic mass is 10.0. The van der Waals surface area contributed by atoms with E-state index in [1.54, 1.807) is 11.3 Å². The minimum Gasteiger partial charge on any atom is -0.340 e. The van der Waals surface area contributed by atoms with Crippen LogP contribution in [-0.4, -0.2) is 47.4 Å². The number of rotatable bonds is 4. The summed E-state index contributed by atoms with van der Waals surface area (Å²) in [4.78, 5) is 17.8. The summed E-state index contributed by atoms with van der Waals surface area (Å²) in [5.41, 5.74) is 5.49. The van der Waals surface area contributed by atoms with Crippen molar-refractivity contribution in [2.45, 2.75) is 32.4 Å². The van der Waals surface area contributed by atoms with Crippen LogP contribution in [0.2, 0.25) is 0 Å². The van der Waals surface area contributed by atoms with Crippen molar-refractivity contribution < 1.29 is 4.79 Å². The minimum absolute atomic E-state index is 0.184. The molecule has 4 nitrogen and oxygen atoms in total. The second-order valence-corrected chi connectivity index (χ2v) is 6.93. The molecule has 1 amide bonds. The smallest absolute Gasteiger partial charge is 0.224 e. The van der Waals surface area contributed by atoms with Gasteiger partial charge in [-0.1, -0.05) is 6.07 Å². The van der Waals surface area contributed by atoms with Crippen molar-refractivity contribution in [3.63, 3.8) is 0 Å². The third kappa shape index (κ3) is 4.60. The zero-order valence-electron chi connectivity index (χ0n) is 11.8. The van der Waals surface area contributed by atoms with E-state index in [0.717, 1.165) is 32.7 Å². The Labute approximate surface area is 119 Å². The van der Waals surface area contributed by atoms with E-state index in [-0.39, 0.29) is 5.91 Å². The lowest BCUT2D eigenvalue weighted by Gasteiger charge is -2.35. The third-order valence-electron chi connectivity index (χ3n) is 3.29. The molecule has 1 fully saturated rings. The number of carbonyl (C=O) groups is 1. The second kappa shape index (κ2) is 6.03. The predicted octanol–water partition coefficient (Wildman–Crippen LogP) is 1.52. The molecule has 2 N–H and O–H groups in total. The average molecular weight is 281 g/mol. The summed E-state index contributed by atoms with van der Waals surface area (Å²) >= 11 is 1.79. The molecule has 2 heterocycles. The molecular weight excluding hydrogens is 258 g/mol. The van der Waals surface area contributed by atoms with Gasteiger partial charge in [0.1, 0.15) is 0 Å². The van der Waals surface area contributed by atoms with Crippen molar-refractivity contribution in [2.24, 2.45) is 5.73 Å². The van der Waals surface area contributed by atoms with Crippen molar-refractivity contribution in [2.75, 3.05) is 26.2 Å². The Bertz CT molecular complexity index is 403. The first kappa shape index (κ1) is 14.5. The first-order valence-electron chi connectivity index (χ1n) is 6.75. The summed E-state index contributed by atoms with van der Waals surface area (Å²) in [5.74, 6) is 0.184. The van der Waals surface area contributed by atoms with Gasteiger partial charge in [-0.15, -0.1) is 11.3 Å². The second-order valence-electron chi connectivity index (χ2n) is 5.90. The zero-order valence-corrected chi connectivity index (χ0v) is 12.6. The van der Waals surface area contributed by atoms with E-state index in [9.17, 15) is 4.79 Å². The van der Waals surface area contributed by atoms with Crippen molar-refractivity contribution >= 4 is 17.2 Å². The molecule has 0 aliphatic carbocycles. The molecular formula is C14H23N3OS. The van der Waals surface area contributed by atoms with Gasteiger partial charge in [-0.25, -0.2) is 0 Å². The number of thiophene rings is 1. The molecule has 0 aromatic carbocycles. The van der Waals surface area contributed by atoms with Gasteiger partial charge in [0.2, 0.25) is 5.91 Å². The Morgan fingerprint density at radius 1 is 1.37 bits per heavy atom. The zero-order chi connectivity index (χ0) is 13.9. The molecule has 2 rings (SSSR count). The number of nitrogens with two attached hydrogens (primary N) is 1. The maximum absolute atomic E-state index is 12.1. The van der Waals surface area contributed by atoms with E-state index in [2.05, 4.69) is 22.4 Å². The first-order chi connectivity index (χ1) is 8.94. The van der Waals surface area contributed by atoms with Gasteiger partial charge in [0, 0.05) is 49.6 Å². The Balaban J connectivity index is 1.77. The van der Waals surface area contributed by atoms with Gasteiger partial charge in [-0.2, -0.15) is 0 Å². The van der Waals surface area contributed by atoms with E-state index in [0.29, 0.717) is 6.42 Å². The lowest BCUT2D eigenvalue weighted by molar-refractivity contribution is -0.134. The summed E-state index contributed by atoms with van der Waals surface area (Å²) in [6, 6.07) is 4.25. The maximum Gasteiger partial charge on any atom is 0.224 e. The molecule has 0 atom stereocenters. The van der Waals surface area contributed by atoms with Crippen molar-refractivity contribution in [3.8, 4) is 0 Å². The molecule has 0 unspecified atom stereocenters. The maximum atomic E-state index is 12.1. The SMILES string of the molecule is CC(C)(N)CC(=O)N1CCN(Cc2cccs2)CC1. The van der Waals surface area contributed by atoms with Gasteiger partial charge in [0.15, 0.2) is 0 Å². The number of amides is 1. The van der Waals surface area contributed by atoms with Crippen LogP contribution in [0.3, 0.4) is 0 Å². The average Bonchev–Trinajstić information content (AvgIpc) is 2.80. The van der Waals surface area contributed by atoms with E-state index in [4.69, 9.17) is 5.73 Å².